The lowest BCUT2D eigenvalue weighted by Gasteiger charge is -2.25. The second-order valence-corrected chi connectivity index (χ2v) is 4.50. The maximum atomic E-state index is 11.9. The summed E-state index contributed by atoms with van der Waals surface area (Å²) in [6, 6.07) is 0. The highest BCUT2D eigenvalue weighted by Gasteiger charge is 2.34. The molecule has 106 valence electrons. The van der Waals surface area contributed by atoms with Crippen LogP contribution in [0.15, 0.2) is 6.20 Å². The zero-order valence-electron chi connectivity index (χ0n) is 11.1. The molecule has 0 aromatic carbocycles. The van der Waals surface area contributed by atoms with Gasteiger partial charge in [-0.1, -0.05) is 18.6 Å². The molecular formula is C11H19N5O3. The van der Waals surface area contributed by atoms with Crippen molar-refractivity contribution in [2.24, 2.45) is 5.73 Å². The summed E-state index contributed by atoms with van der Waals surface area (Å²) < 4.78 is 1.44. The first-order valence-electron chi connectivity index (χ1n) is 6.09. The van der Waals surface area contributed by atoms with Crippen molar-refractivity contribution in [2.75, 3.05) is 6.54 Å². The van der Waals surface area contributed by atoms with Crippen molar-refractivity contribution in [1.82, 2.24) is 20.3 Å². The van der Waals surface area contributed by atoms with Crippen LogP contribution in [0.25, 0.3) is 0 Å². The molecule has 1 aromatic rings. The maximum absolute atomic E-state index is 11.9. The molecule has 1 aromatic heterocycles. The summed E-state index contributed by atoms with van der Waals surface area (Å²) in [5, 5.41) is 19.1. The molecule has 4 N–H and O–H groups in total. The van der Waals surface area contributed by atoms with Crippen molar-refractivity contribution in [3.8, 4) is 0 Å². The quantitative estimate of drug-likeness (QED) is 0.619. The number of nitrogens with zero attached hydrogens (tertiary/aromatic N) is 3. The summed E-state index contributed by atoms with van der Waals surface area (Å²) in [5.74, 6) is -1.63. The average molecular weight is 269 g/mol. The SMILES string of the molecule is CCCC(C)(NC(=O)c1cn(CCN)nn1)C(=O)O. The van der Waals surface area contributed by atoms with Gasteiger partial charge in [-0.05, 0) is 13.3 Å². The summed E-state index contributed by atoms with van der Waals surface area (Å²) in [6.07, 6.45) is 2.42. The van der Waals surface area contributed by atoms with Crippen LogP contribution in [-0.4, -0.2) is 44.1 Å². The van der Waals surface area contributed by atoms with Crippen LogP contribution in [0.2, 0.25) is 0 Å². The van der Waals surface area contributed by atoms with Crippen LogP contribution in [-0.2, 0) is 11.3 Å². The molecule has 0 radical (unpaired) electrons. The third kappa shape index (κ3) is 3.75. The van der Waals surface area contributed by atoms with Crippen molar-refractivity contribution >= 4 is 11.9 Å². The molecule has 0 aliphatic rings. The molecule has 0 bridgehead atoms. The van der Waals surface area contributed by atoms with Gasteiger partial charge in [0.2, 0.25) is 0 Å². The molecule has 0 saturated carbocycles. The molecule has 1 unspecified atom stereocenters. The lowest BCUT2D eigenvalue weighted by Crippen LogP contribution is -2.52. The van der Waals surface area contributed by atoms with Crippen LogP contribution in [0.5, 0.6) is 0 Å². The molecule has 8 nitrogen and oxygen atoms in total. The van der Waals surface area contributed by atoms with Gasteiger partial charge in [0.05, 0.1) is 12.7 Å². The van der Waals surface area contributed by atoms with Gasteiger partial charge in [-0.15, -0.1) is 5.10 Å². The number of carbonyl (C=O) groups is 2. The number of carboxylic acids is 1. The van der Waals surface area contributed by atoms with E-state index < -0.39 is 17.4 Å². The summed E-state index contributed by atoms with van der Waals surface area (Å²) in [5.41, 5.74) is 4.14. The molecule has 0 fully saturated rings. The number of aromatic nitrogens is 3. The number of amides is 1. The number of carbonyl (C=O) groups excluding carboxylic acids is 1. The molecule has 0 saturated heterocycles. The fraction of sp³-hybridized carbons (Fsp3) is 0.636. The minimum Gasteiger partial charge on any atom is -0.480 e. The van der Waals surface area contributed by atoms with Crippen LogP contribution in [0, 0.1) is 0 Å². The lowest BCUT2D eigenvalue weighted by molar-refractivity contribution is -0.144. The summed E-state index contributed by atoms with van der Waals surface area (Å²) >= 11 is 0. The summed E-state index contributed by atoms with van der Waals surface area (Å²) in [4.78, 5) is 23.1. The minimum atomic E-state index is -1.30. The molecule has 1 atom stereocenters. The van der Waals surface area contributed by atoms with Gasteiger partial charge >= 0.3 is 5.97 Å². The van der Waals surface area contributed by atoms with E-state index in [4.69, 9.17) is 5.73 Å². The van der Waals surface area contributed by atoms with Crippen molar-refractivity contribution in [3.05, 3.63) is 11.9 Å². The third-order valence-corrected chi connectivity index (χ3v) is 2.74. The standard InChI is InChI=1S/C11H19N5O3/c1-3-4-11(2,10(18)19)13-9(17)8-7-16(6-5-12)15-14-8/h7H,3-6,12H2,1-2H3,(H,13,17)(H,18,19). The molecule has 8 heteroatoms. The normalized spacial score (nSPS) is 13.8. The highest BCUT2D eigenvalue weighted by molar-refractivity contribution is 5.95. The third-order valence-electron chi connectivity index (χ3n) is 2.74. The van der Waals surface area contributed by atoms with Gasteiger partial charge in [-0.25, -0.2) is 4.79 Å². The Bertz CT molecular complexity index is 459. The first kappa shape index (κ1) is 15.1. The predicted molar refractivity (Wildman–Crippen MR) is 67.5 cm³/mol. The lowest BCUT2D eigenvalue weighted by atomic mass is 9.96. The number of hydrogen-bond donors (Lipinski definition) is 3. The van der Waals surface area contributed by atoms with Crippen molar-refractivity contribution in [1.29, 1.82) is 0 Å². The van der Waals surface area contributed by atoms with Gasteiger partial charge in [0, 0.05) is 6.54 Å². The molecule has 0 spiro atoms. The highest BCUT2D eigenvalue weighted by Crippen LogP contribution is 2.13. The minimum absolute atomic E-state index is 0.0806. The molecule has 1 heterocycles. The van der Waals surface area contributed by atoms with Gasteiger partial charge in [0.15, 0.2) is 5.69 Å². The molecule has 1 rings (SSSR count). The Morgan fingerprint density at radius 2 is 2.26 bits per heavy atom. The van der Waals surface area contributed by atoms with Gasteiger partial charge in [0.1, 0.15) is 5.54 Å². The fourth-order valence-corrected chi connectivity index (χ4v) is 1.68. The average Bonchev–Trinajstić information content (AvgIpc) is 2.78. The van der Waals surface area contributed by atoms with E-state index in [9.17, 15) is 14.7 Å². The van der Waals surface area contributed by atoms with Crippen molar-refractivity contribution in [2.45, 2.75) is 38.8 Å². The Balaban J connectivity index is 2.78. The molecular weight excluding hydrogens is 250 g/mol. The number of rotatable bonds is 7. The second-order valence-electron chi connectivity index (χ2n) is 4.50. The first-order valence-corrected chi connectivity index (χ1v) is 6.09. The van der Waals surface area contributed by atoms with E-state index in [0.717, 1.165) is 0 Å². The van der Waals surface area contributed by atoms with E-state index in [2.05, 4.69) is 15.6 Å². The van der Waals surface area contributed by atoms with Gasteiger partial charge < -0.3 is 16.2 Å². The number of aliphatic carboxylic acids is 1. The molecule has 0 aliphatic heterocycles. The Hall–Kier alpha value is -1.96. The van der Waals surface area contributed by atoms with E-state index in [1.807, 2.05) is 6.92 Å². The van der Waals surface area contributed by atoms with Crippen LogP contribution in [0.4, 0.5) is 0 Å². The van der Waals surface area contributed by atoms with E-state index in [-0.39, 0.29) is 5.69 Å². The van der Waals surface area contributed by atoms with Crippen LogP contribution in [0.1, 0.15) is 37.2 Å². The second kappa shape index (κ2) is 6.28. The first-order chi connectivity index (χ1) is 8.92. The zero-order chi connectivity index (χ0) is 14.5. The number of carboxylic acid groups (broad SMARTS) is 1. The predicted octanol–water partition coefficient (Wildman–Crippen LogP) is -0.390. The monoisotopic (exact) mass is 269 g/mol. The van der Waals surface area contributed by atoms with Gasteiger partial charge in [-0.2, -0.15) is 0 Å². The van der Waals surface area contributed by atoms with Gasteiger partial charge in [0.25, 0.3) is 5.91 Å². The van der Waals surface area contributed by atoms with E-state index >= 15 is 0 Å². The molecule has 19 heavy (non-hydrogen) atoms. The van der Waals surface area contributed by atoms with Gasteiger partial charge in [-0.3, -0.25) is 9.48 Å². The van der Waals surface area contributed by atoms with Crippen LogP contribution < -0.4 is 11.1 Å². The Morgan fingerprint density at radius 1 is 1.58 bits per heavy atom. The Morgan fingerprint density at radius 3 is 2.79 bits per heavy atom. The van der Waals surface area contributed by atoms with Crippen molar-refractivity contribution < 1.29 is 14.7 Å². The molecule has 1 amide bonds. The number of hydrogen-bond acceptors (Lipinski definition) is 5. The van der Waals surface area contributed by atoms with E-state index in [1.54, 1.807) is 0 Å². The highest BCUT2D eigenvalue weighted by atomic mass is 16.4. The Kier molecular flexibility index (Phi) is 4.99. The van der Waals surface area contributed by atoms with Crippen molar-refractivity contribution in [3.63, 3.8) is 0 Å². The smallest absolute Gasteiger partial charge is 0.329 e. The number of nitrogens with two attached hydrogens (primary N) is 1. The maximum Gasteiger partial charge on any atom is 0.329 e. The summed E-state index contributed by atoms with van der Waals surface area (Å²) in [6.45, 7) is 4.16. The topological polar surface area (TPSA) is 123 Å². The Labute approximate surface area is 111 Å². The van der Waals surface area contributed by atoms with Crippen LogP contribution >= 0.6 is 0 Å². The number of nitrogens with one attached hydrogen (secondary N) is 1. The van der Waals surface area contributed by atoms with E-state index in [0.29, 0.717) is 25.9 Å². The fourth-order valence-electron chi connectivity index (χ4n) is 1.68. The molecule has 0 aliphatic carbocycles. The summed E-state index contributed by atoms with van der Waals surface area (Å²) in [7, 11) is 0. The van der Waals surface area contributed by atoms with E-state index in [1.165, 1.54) is 17.8 Å². The zero-order valence-corrected chi connectivity index (χ0v) is 11.1. The van der Waals surface area contributed by atoms with Crippen LogP contribution in [0.3, 0.4) is 0 Å². The largest absolute Gasteiger partial charge is 0.480 e.